The summed E-state index contributed by atoms with van der Waals surface area (Å²) in [4.78, 5) is 23.5. The Morgan fingerprint density at radius 2 is 1.74 bits per heavy atom. The molecule has 0 bridgehead atoms. The van der Waals surface area contributed by atoms with Gasteiger partial charge in [0, 0.05) is 5.69 Å². The first-order chi connectivity index (χ1) is 11.0. The Hall–Kier alpha value is -3.02. The van der Waals surface area contributed by atoms with E-state index in [0.717, 1.165) is 11.1 Å². The molecule has 0 spiro atoms. The number of hydrogen-bond acceptors (Lipinski definition) is 3. The Balaban J connectivity index is 1.93. The molecule has 0 atom stereocenters. The highest BCUT2D eigenvalue weighted by molar-refractivity contribution is 6.39. The highest BCUT2D eigenvalue weighted by atomic mass is 19.1. The second-order valence-electron chi connectivity index (χ2n) is 5.02. The molecule has 2 aromatic rings. The van der Waals surface area contributed by atoms with Crippen molar-refractivity contribution in [2.75, 3.05) is 5.32 Å². The molecule has 0 fully saturated rings. The lowest BCUT2D eigenvalue weighted by atomic mass is 10.1. The van der Waals surface area contributed by atoms with Crippen LogP contribution in [0.3, 0.4) is 0 Å². The molecule has 0 aromatic heterocycles. The van der Waals surface area contributed by atoms with Crippen LogP contribution in [0.2, 0.25) is 0 Å². The molecule has 6 heteroatoms. The first-order valence-corrected chi connectivity index (χ1v) is 6.93. The van der Waals surface area contributed by atoms with Crippen LogP contribution in [-0.2, 0) is 9.59 Å². The second-order valence-corrected chi connectivity index (χ2v) is 5.02. The number of carbonyl (C=O) groups is 2. The van der Waals surface area contributed by atoms with Crippen molar-refractivity contribution in [2.24, 2.45) is 5.10 Å². The standard InChI is InChI=1S/C17H16FN3O2/c1-11-3-4-12(2)15(9-11)20-16(22)17(23)21-19-10-13-5-7-14(18)8-6-13/h3-10H,1-2H3,(H,20,22)(H,21,23)/b19-10+. The van der Waals surface area contributed by atoms with Crippen LogP contribution in [0.25, 0.3) is 0 Å². The van der Waals surface area contributed by atoms with E-state index in [4.69, 9.17) is 0 Å². The van der Waals surface area contributed by atoms with Gasteiger partial charge in [-0.25, -0.2) is 9.82 Å². The van der Waals surface area contributed by atoms with E-state index in [-0.39, 0.29) is 5.82 Å². The summed E-state index contributed by atoms with van der Waals surface area (Å²) >= 11 is 0. The first kappa shape index (κ1) is 16.4. The first-order valence-electron chi connectivity index (χ1n) is 6.93. The van der Waals surface area contributed by atoms with Gasteiger partial charge >= 0.3 is 11.8 Å². The van der Waals surface area contributed by atoms with Crippen molar-refractivity contribution in [3.8, 4) is 0 Å². The number of nitrogens with zero attached hydrogens (tertiary/aromatic N) is 1. The van der Waals surface area contributed by atoms with Crippen LogP contribution in [0.1, 0.15) is 16.7 Å². The third-order valence-electron chi connectivity index (χ3n) is 3.10. The minimum absolute atomic E-state index is 0.362. The van der Waals surface area contributed by atoms with E-state index in [9.17, 15) is 14.0 Å². The third-order valence-corrected chi connectivity index (χ3v) is 3.10. The summed E-state index contributed by atoms with van der Waals surface area (Å²) in [7, 11) is 0. The number of carbonyl (C=O) groups excluding carboxylic acids is 2. The largest absolute Gasteiger partial charge is 0.329 e. The number of nitrogens with one attached hydrogen (secondary N) is 2. The summed E-state index contributed by atoms with van der Waals surface area (Å²) in [6, 6.07) is 11.1. The Kier molecular flexibility index (Phi) is 5.19. The molecule has 2 aromatic carbocycles. The van der Waals surface area contributed by atoms with Gasteiger partial charge in [0.1, 0.15) is 5.82 Å². The van der Waals surface area contributed by atoms with E-state index < -0.39 is 11.8 Å². The smallest absolute Gasteiger partial charge is 0.317 e. The topological polar surface area (TPSA) is 70.6 Å². The number of benzene rings is 2. The highest BCUT2D eigenvalue weighted by Crippen LogP contribution is 2.16. The van der Waals surface area contributed by atoms with Crippen molar-refractivity contribution < 1.29 is 14.0 Å². The lowest BCUT2D eigenvalue weighted by Gasteiger charge is -2.08. The lowest BCUT2D eigenvalue weighted by Crippen LogP contribution is -2.32. The van der Waals surface area contributed by atoms with Crippen LogP contribution in [0.4, 0.5) is 10.1 Å². The molecule has 118 valence electrons. The molecular formula is C17H16FN3O2. The van der Waals surface area contributed by atoms with Gasteiger partial charge in [0.25, 0.3) is 0 Å². The normalized spacial score (nSPS) is 10.6. The van der Waals surface area contributed by atoms with E-state index >= 15 is 0 Å². The Morgan fingerprint density at radius 1 is 1.04 bits per heavy atom. The van der Waals surface area contributed by atoms with Crippen molar-refractivity contribution in [3.05, 3.63) is 65.0 Å². The van der Waals surface area contributed by atoms with Gasteiger partial charge in [-0.05, 0) is 48.7 Å². The van der Waals surface area contributed by atoms with Crippen LogP contribution in [0.5, 0.6) is 0 Å². The monoisotopic (exact) mass is 313 g/mol. The molecule has 0 heterocycles. The van der Waals surface area contributed by atoms with Gasteiger partial charge in [-0.1, -0.05) is 24.3 Å². The average molecular weight is 313 g/mol. The quantitative estimate of drug-likeness (QED) is 0.519. The molecule has 0 unspecified atom stereocenters. The Bertz CT molecular complexity index is 755. The lowest BCUT2D eigenvalue weighted by molar-refractivity contribution is -0.136. The zero-order valence-corrected chi connectivity index (χ0v) is 12.8. The van der Waals surface area contributed by atoms with Crippen LogP contribution in [-0.4, -0.2) is 18.0 Å². The van der Waals surface area contributed by atoms with Crippen molar-refractivity contribution in [2.45, 2.75) is 13.8 Å². The molecular weight excluding hydrogens is 297 g/mol. The predicted molar refractivity (Wildman–Crippen MR) is 86.7 cm³/mol. The van der Waals surface area contributed by atoms with E-state index in [1.165, 1.54) is 30.5 Å². The van der Waals surface area contributed by atoms with E-state index in [1.807, 2.05) is 26.0 Å². The minimum Gasteiger partial charge on any atom is -0.317 e. The zero-order valence-electron chi connectivity index (χ0n) is 12.8. The summed E-state index contributed by atoms with van der Waals surface area (Å²) < 4.78 is 12.7. The van der Waals surface area contributed by atoms with Crippen LogP contribution >= 0.6 is 0 Å². The number of halogens is 1. The summed E-state index contributed by atoms with van der Waals surface area (Å²) in [5.41, 5.74) is 5.13. The molecule has 5 nitrogen and oxygen atoms in total. The number of hydrogen-bond donors (Lipinski definition) is 2. The van der Waals surface area contributed by atoms with Crippen molar-refractivity contribution in [1.29, 1.82) is 0 Å². The van der Waals surface area contributed by atoms with Crippen molar-refractivity contribution in [3.63, 3.8) is 0 Å². The molecule has 23 heavy (non-hydrogen) atoms. The van der Waals surface area contributed by atoms with Gasteiger partial charge in [-0.2, -0.15) is 5.10 Å². The number of rotatable bonds is 3. The molecule has 0 saturated heterocycles. The maximum absolute atomic E-state index is 12.7. The molecule has 2 N–H and O–H groups in total. The fourth-order valence-electron chi connectivity index (χ4n) is 1.81. The van der Waals surface area contributed by atoms with Gasteiger partial charge in [-0.3, -0.25) is 9.59 Å². The molecule has 0 aliphatic carbocycles. The minimum atomic E-state index is -0.885. The molecule has 0 aliphatic rings. The van der Waals surface area contributed by atoms with Crippen molar-refractivity contribution in [1.82, 2.24) is 5.43 Å². The number of aryl methyl sites for hydroxylation is 2. The summed E-state index contributed by atoms with van der Waals surface area (Å²) in [5, 5.41) is 6.20. The van der Waals surface area contributed by atoms with Gasteiger partial charge in [0.15, 0.2) is 0 Å². The van der Waals surface area contributed by atoms with Crippen LogP contribution < -0.4 is 10.7 Å². The Labute approximate surface area is 133 Å². The fourth-order valence-corrected chi connectivity index (χ4v) is 1.81. The van der Waals surface area contributed by atoms with Gasteiger partial charge < -0.3 is 5.32 Å². The predicted octanol–water partition coefficient (Wildman–Crippen LogP) is 2.53. The SMILES string of the molecule is Cc1ccc(C)c(NC(=O)C(=O)N/N=C/c2ccc(F)cc2)c1. The number of hydrazone groups is 1. The van der Waals surface area contributed by atoms with E-state index in [2.05, 4.69) is 15.8 Å². The van der Waals surface area contributed by atoms with E-state index in [1.54, 1.807) is 6.07 Å². The third kappa shape index (κ3) is 4.74. The molecule has 2 rings (SSSR count). The van der Waals surface area contributed by atoms with E-state index in [0.29, 0.717) is 11.3 Å². The maximum atomic E-state index is 12.7. The average Bonchev–Trinajstić information content (AvgIpc) is 2.52. The van der Waals surface area contributed by atoms with Gasteiger partial charge in [-0.15, -0.1) is 0 Å². The zero-order chi connectivity index (χ0) is 16.8. The maximum Gasteiger partial charge on any atom is 0.329 e. The summed E-state index contributed by atoms with van der Waals surface area (Å²) in [5.74, 6) is -2.06. The van der Waals surface area contributed by atoms with Gasteiger partial charge in [0.2, 0.25) is 0 Å². The molecule has 0 saturated carbocycles. The van der Waals surface area contributed by atoms with Gasteiger partial charge in [0.05, 0.1) is 6.21 Å². The van der Waals surface area contributed by atoms with Crippen LogP contribution in [0.15, 0.2) is 47.6 Å². The Morgan fingerprint density at radius 3 is 2.43 bits per heavy atom. The van der Waals surface area contributed by atoms with Crippen molar-refractivity contribution >= 4 is 23.7 Å². The second kappa shape index (κ2) is 7.31. The number of anilines is 1. The fraction of sp³-hybridized carbons (Fsp3) is 0.118. The highest BCUT2D eigenvalue weighted by Gasteiger charge is 2.13. The molecule has 0 aliphatic heterocycles. The molecule has 2 amide bonds. The van der Waals surface area contributed by atoms with Crippen LogP contribution in [0, 0.1) is 19.7 Å². The summed E-state index contributed by atoms with van der Waals surface area (Å²) in [6.07, 6.45) is 1.32. The summed E-state index contributed by atoms with van der Waals surface area (Å²) in [6.45, 7) is 3.72. The molecule has 0 radical (unpaired) electrons. The number of amides is 2.